The van der Waals surface area contributed by atoms with Gasteiger partial charge in [0.05, 0.1) is 5.25 Å². The van der Waals surface area contributed by atoms with Crippen molar-refractivity contribution in [2.45, 2.75) is 69.1 Å². The fourth-order valence-corrected chi connectivity index (χ4v) is 5.54. The van der Waals surface area contributed by atoms with Gasteiger partial charge in [-0.15, -0.1) is 0 Å². The maximum absolute atomic E-state index is 12.2. The van der Waals surface area contributed by atoms with Gasteiger partial charge in [-0.25, -0.2) is 17.5 Å². The predicted octanol–water partition coefficient (Wildman–Crippen LogP) is 1.82. The first-order valence-corrected chi connectivity index (χ1v) is 10.6. The van der Waals surface area contributed by atoms with Crippen LogP contribution in [-0.2, 0) is 10.0 Å². The van der Waals surface area contributed by atoms with Crippen molar-refractivity contribution in [2.75, 3.05) is 19.6 Å². The molecule has 0 spiro atoms. The summed E-state index contributed by atoms with van der Waals surface area (Å²) in [4.78, 5) is 11.9. The molecule has 0 atom stereocenters. The molecule has 3 rings (SSSR count). The van der Waals surface area contributed by atoms with Crippen molar-refractivity contribution in [2.24, 2.45) is 5.92 Å². The minimum absolute atomic E-state index is 0.0649. The van der Waals surface area contributed by atoms with E-state index >= 15 is 0 Å². The van der Waals surface area contributed by atoms with Gasteiger partial charge in [-0.05, 0) is 44.4 Å². The molecule has 2 N–H and O–H groups in total. The lowest BCUT2D eigenvalue weighted by Crippen LogP contribution is -2.46. The summed E-state index contributed by atoms with van der Waals surface area (Å²) in [6, 6.07) is 0.263. The molecule has 0 aromatic rings. The number of amides is 2. The van der Waals surface area contributed by atoms with E-state index in [0.29, 0.717) is 31.6 Å². The van der Waals surface area contributed by atoms with Crippen molar-refractivity contribution in [3.63, 3.8) is 0 Å². The largest absolute Gasteiger partial charge is 0.338 e. The minimum atomic E-state index is -3.03. The third-order valence-electron chi connectivity index (χ3n) is 5.37. The average molecular weight is 343 g/mol. The number of urea groups is 1. The van der Waals surface area contributed by atoms with Crippen molar-refractivity contribution in [3.8, 4) is 0 Å². The van der Waals surface area contributed by atoms with Gasteiger partial charge in [-0.2, -0.15) is 0 Å². The predicted molar refractivity (Wildman–Crippen MR) is 89.6 cm³/mol. The van der Waals surface area contributed by atoms with Crippen molar-refractivity contribution in [1.29, 1.82) is 0 Å². The first-order chi connectivity index (χ1) is 11.1. The second kappa shape index (κ2) is 7.38. The van der Waals surface area contributed by atoms with Gasteiger partial charge in [0.2, 0.25) is 10.0 Å². The third kappa shape index (κ3) is 4.59. The molecule has 3 fully saturated rings. The van der Waals surface area contributed by atoms with Gasteiger partial charge in [-0.3, -0.25) is 0 Å². The molecular weight excluding hydrogens is 314 g/mol. The molecule has 132 valence electrons. The molecule has 2 saturated carbocycles. The normalized spacial score (nSPS) is 25.2. The first-order valence-electron chi connectivity index (χ1n) is 9.09. The van der Waals surface area contributed by atoms with E-state index in [4.69, 9.17) is 0 Å². The summed E-state index contributed by atoms with van der Waals surface area (Å²) in [7, 11) is -3.03. The molecule has 3 aliphatic rings. The van der Waals surface area contributed by atoms with Crippen molar-refractivity contribution in [1.82, 2.24) is 14.9 Å². The van der Waals surface area contributed by atoms with E-state index in [9.17, 15) is 13.2 Å². The van der Waals surface area contributed by atoms with E-state index in [2.05, 4.69) is 10.6 Å². The van der Waals surface area contributed by atoms with Crippen molar-refractivity contribution >= 4 is 16.1 Å². The number of carbonyl (C=O) groups excluding carboxylic acids is 1. The van der Waals surface area contributed by atoms with Gasteiger partial charge < -0.3 is 10.6 Å². The Morgan fingerprint density at radius 1 is 0.957 bits per heavy atom. The Bertz CT molecular complexity index is 505. The van der Waals surface area contributed by atoms with Crippen LogP contribution in [0.5, 0.6) is 0 Å². The van der Waals surface area contributed by atoms with E-state index in [1.165, 1.54) is 19.3 Å². The number of hydrogen-bond donors (Lipinski definition) is 2. The fourth-order valence-electron chi connectivity index (χ4n) is 3.66. The van der Waals surface area contributed by atoms with E-state index in [-0.39, 0.29) is 11.3 Å². The smallest absolute Gasteiger partial charge is 0.315 e. The Balaban J connectivity index is 1.35. The zero-order valence-corrected chi connectivity index (χ0v) is 14.6. The van der Waals surface area contributed by atoms with E-state index in [1.807, 2.05) is 0 Å². The Kier molecular flexibility index (Phi) is 5.46. The zero-order valence-electron chi connectivity index (χ0n) is 13.8. The van der Waals surface area contributed by atoms with Crippen LogP contribution in [0.2, 0.25) is 0 Å². The average Bonchev–Trinajstić information content (AvgIpc) is 3.40. The summed E-state index contributed by atoms with van der Waals surface area (Å²) in [5.41, 5.74) is 0. The molecule has 0 radical (unpaired) electrons. The topological polar surface area (TPSA) is 78.5 Å². The number of hydrogen-bond acceptors (Lipinski definition) is 3. The van der Waals surface area contributed by atoms with Crippen LogP contribution in [0.25, 0.3) is 0 Å². The summed E-state index contributed by atoms with van der Waals surface area (Å²) in [6.07, 6.45) is 9.21. The fraction of sp³-hybridized carbons (Fsp3) is 0.938. The third-order valence-corrected chi connectivity index (χ3v) is 7.77. The Labute approximate surface area is 139 Å². The second-order valence-corrected chi connectivity index (χ2v) is 9.49. The summed E-state index contributed by atoms with van der Waals surface area (Å²) >= 11 is 0. The van der Waals surface area contributed by atoms with Crippen LogP contribution in [0.1, 0.15) is 57.8 Å². The number of rotatable bonds is 5. The van der Waals surface area contributed by atoms with Crippen LogP contribution < -0.4 is 10.6 Å². The van der Waals surface area contributed by atoms with E-state index in [0.717, 1.165) is 38.5 Å². The lowest BCUT2D eigenvalue weighted by atomic mass is 9.95. The number of nitrogens with one attached hydrogen (secondary N) is 2. The molecule has 0 aromatic carbocycles. The van der Waals surface area contributed by atoms with Gasteiger partial charge in [0, 0.05) is 25.7 Å². The first kappa shape index (κ1) is 17.0. The highest BCUT2D eigenvalue weighted by molar-refractivity contribution is 7.90. The second-order valence-electron chi connectivity index (χ2n) is 7.28. The molecule has 23 heavy (non-hydrogen) atoms. The molecule has 1 heterocycles. The molecule has 6 nitrogen and oxygen atoms in total. The standard InChI is InChI=1S/C16H29N3O3S/c20-16(18-14-4-2-1-3-5-14)17-12-13-8-10-19(11-9-13)23(21,22)15-6-7-15/h13-15H,1-12H2,(H2,17,18,20). The quantitative estimate of drug-likeness (QED) is 0.799. The number of sulfonamides is 1. The Morgan fingerprint density at radius 2 is 1.61 bits per heavy atom. The zero-order chi connectivity index (χ0) is 16.3. The molecule has 0 unspecified atom stereocenters. The maximum atomic E-state index is 12.2. The molecule has 2 aliphatic carbocycles. The highest BCUT2D eigenvalue weighted by Crippen LogP contribution is 2.33. The van der Waals surface area contributed by atoms with Gasteiger partial charge in [0.25, 0.3) is 0 Å². The van der Waals surface area contributed by atoms with Gasteiger partial charge >= 0.3 is 6.03 Å². The van der Waals surface area contributed by atoms with Gasteiger partial charge in [0.15, 0.2) is 0 Å². The number of piperidine rings is 1. The summed E-state index contributed by atoms with van der Waals surface area (Å²) < 4.78 is 26.0. The monoisotopic (exact) mass is 343 g/mol. The van der Waals surface area contributed by atoms with Crippen LogP contribution in [0.3, 0.4) is 0 Å². The van der Waals surface area contributed by atoms with Crippen LogP contribution >= 0.6 is 0 Å². The Hall–Kier alpha value is -0.820. The lowest BCUT2D eigenvalue weighted by molar-refractivity contribution is 0.224. The van der Waals surface area contributed by atoms with E-state index < -0.39 is 10.0 Å². The highest BCUT2D eigenvalue weighted by Gasteiger charge is 2.41. The van der Waals surface area contributed by atoms with Crippen LogP contribution in [0.15, 0.2) is 0 Å². The molecule has 7 heteroatoms. The van der Waals surface area contributed by atoms with Crippen LogP contribution in [0.4, 0.5) is 4.79 Å². The van der Waals surface area contributed by atoms with Crippen molar-refractivity contribution < 1.29 is 13.2 Å². The van der Waals surface area contributed by atoms with E-state index in [1.54, 1.807) is 4.31 Å². The summed E-state index contributed by atoms with van der Waals surface area (Å²) in [6.45, 7) is 1.86. The SMILES string of the molecule is O=C(NCC1CCN(S(=O)(=O)C2CC2)CC1)NC1CCCCC1. The van der Waals surface area contributed by atoms with Crippen LogP contribution in [0, 0.1) is 5.92 Å². The molecule has 1 aliphatic heterocycles. The Morgan fingerprint density at radius 3 is 2.22 bits per heavy atom. The van der Waals surface area contributed by atoms with Crippen LogP contribution in [-0.4, -0.2) is 49.7 Å². The number of carbonyl (C=O) groups is 1. The minimum Gasteiger partial charge on any atom is -0.338 e. The molecule has 0 bridgehead atoms. The highest BCUT2D eigenvalue weighted by atomic mass is 32.2. The molecule has 1 saturated heterocycles. The maximum Gasteiger partial charge on any atom is 0.315 e. The lowest BCUT2D eigenvalue weighted by Gasteiger charge is -2.31. The summed E-state index contributed by atoms with van der Waals surface area (Å²) in [5.74, 6) is 0.387. The van der Waals surface area contributed by atoms with Crippen molar-refractivity contribution in [3.05, 3.63) is 0 Å². The molecule has 2 amide bonds. The van der Waals surface area contributed by atoms with Gasteiger partial charge in [-0.1, -0.05) is 19.3 Å². The van der Waals surface area contributed by atoms with Gasteiger partial charge in [0.1, 0.15) is 0 Å². The molecular formula is C16H29N3O3S. The number of nitrogens with zero attached hydrogens (tertiary/aromatic N) is 1. The molecule has 0 aromatic heterocycles. The summed E-state index contributed by atoms with van der Waals surface area (Å²) in [5, 5.41) is 5.92.